The first-order chi connectivity index (χ1) is 12.5. The molecule has 0 fully saturated rings. The van der Waals surface area contributed by atoms with E-state index in [9.17, 15) is 15.2 Å². The van der Waals surface area contributed by atoms with Crippen LogP contribution in [0.25, 0.3) is 22.6 Å². The third-order valence-electron chi connectivity index (χ3n) is 3.80. The number of aromatic nitrogens is 2. The summed E-state index contributed by atoms with van der Waals surface area (Å²) < 4.78 is 10.2. The third kappa shape index (κ3) is 3.21. The molecule has 3 aromatic rings. The van der Waals surface area contributed by atoms with Gasteiger partial charge in [-0.15, -0.1) is 0 Å². The number of aromatic hydroxyl groups is 1. The number of ether oxygens (including phenoxy) is 2. The second-order valence-electron chi connectivity index (χ2n) is 5.40. The quantitative estimate of drug-likeness (QED) is 0.701. The van der Waals surface area contributed by atoms with Crippen LogP contribution in [0.2, 0.25) is 0 Å². The number of methoxy groups -OCH3 is 2. The second kappa shape index (κ2) is 6.99. The molecule has 0 aliphatic heterocycles. The minimum absolute atomic E-state index is 0.00524. The first kappa shape index (κ1) is 17.0. The molecule has 0 radical (unpaired) electrons. The molecular formula is C19H15N3O4. The van der Waals surface area contributed by atoms with Gasteiger partial charge in [0.15, 0.2) is 17.3 Å². The summed E-state index contributed by atoms with van der Waals surface area (Å²) in [6.45, 7) is 0. The van der Waals surface area contributed by atoms with Crippen molar-refractivity contribution in [1.82, 2.24) is 9.97 Å². The van der Waals surface area contributed by atoms with Crippen LogP contribution in [-0.4, -0.2) is 29.3 Å². The average molecular weight is 349 g/mol. The Labute approximate surface area is 148 Å². The van der Waals surface area contributed by atoms with Crippen LogP contribution in [0.5, 0.6) is 17.2 Å². The Balaban J connectivity index is 2.11. The number of allylic oxidation sites excluding steroid dienone is 1. The molecule has 0 aliphatic carbocycles. The molecule has 0 spiro atoms. The first-order valence-corrected chi connectivity index (χ1v) is 7.63. The molecule has 0 bridgehead atoms. The minimum Gasteiger partial charge on any atom is -0.504 e. The number of nitriles is 1. The normalized spacial score (nSPS) is 11.2. The Hall–Kier alpha value is -3.79. The van der Waals surface area contributed by atoms with Gasteiger partial charge in [0.05, 0.1) is 30.7 Å². The number of phenols is 1. The summed E-state index contributed by atoms with van der Waals surface area (Å²) >= 11 is 0. The van der Waals surface area contributed by atoms with Crippen LogP contribution in [0, 0.1) is 11.3 Å². The number of rotatable bonds is 4. The lowest BCUT2D eigenvalue weighted by Crippen LogP contribution is -2.11. The standard InChI is InChI=1S/C19H15N3O4/c1-25-13-4-5-15-14(9-13)19(24)22-18(21-15)12(10-20)7-11-3-6-16(23)17(8-11)26-2/h3-9,23H,1-2H3,(H,21,22,24). The number of fused-ring (bicyclic) bond motifs is 1. The largest absolute Gasteiger partial charge is 0.504 e. The molecule has 26 heavy (non-hydrogen) atoms. The lowest BCUT2D eigenvalue weighted by Gasteiger charge is -2.06. The number of benzene rings is 2. The Bertz CT molecular complexity index is 1110. The molecule has 130 valence electrons. The van der Waals surface area contributed by atoms with E-state index in [1.165, 1.54) is 20.3 Å². The van der Waals surface area contributed by atoms with Crippen molar-refractivity contribution >= 4 is 22.6 Å². The van der Waals surface area contributed by atoms with Gasteiger partial charge in [0.25, 0.3) is 5.56 Å². The predicted octanol–water partition coefficient (Wildman–Crippen LogP) is 2.71. The highest BCUT2D eigenvalue weighted by Gasteiger charge is 2.10. The van der Waals surface area contributed by atoms with Crippen molar-refractivity contribution in [2.24, 2.45) is 0 Å². The number of nitrogens with one attached hydrogen (secondary N) is 1. The molecule has 0 atom stereocenters. The number of hydrogen-bond acceptors (Lipinski definition) is 6. The fourth-order valence-electron chi connectivity index (χ4n) is 2.48. The Morgan fingerprint density at radius 3 is 2.73 bits per heavy atom. The van der Waals surface area contributed by atoms with E-state index in [1.807, 2.05) is 6.07 Å². The highest BCUT2D eigenvalue weighted by molar-refractivity contribution is 5.89. The van der Waals surface area contributed by atoms with Crippen molar-refractivity contribution in [3.8, 4) is 23.3 Å². The summed E-state index contributed by atoms with van der Waals surface area (Å²) in [7, 11) is 2.95. The van der Waals surface area contributed by atoms with Gasteiger partial charge < -0.3 is 19.6 Å². The highest BCUT2D eigenvalue weighted by Crippen LogP contribution is 2.28. The number of aromatic amines is 1. The minimum atomic E-state index is -0.367. The topological polar surface area (TPSA) is 108 Å². The van der Waals surface area contributed by atoms with Gasteiger partial charge in [-0.1, -0.05) is 6.07 Å². The smallest absolute Gasteiger partial charge is 0.259 e. The zero-order valence-electron chi connectivity index (χ0n) is 14.1. The van der Waals surface area contributed by atoms with Crippen LogP contribution >= 0.6 is 0 Å². The predicted molar refractivity (Wildman–Crippen MR) is 97.1 cm³/mol. The molecule has 1 aromatic heterocycles. The van der Waals surface area contributed by atoms with Gasteiger partial charge in [-0.2, -0.15) is 5.26 Å². The van der Waals surface area contributed by atoms with Crippen LogP contribution in [0.3, 0.4) is 0 Å². The van der Waals surface area contributed by atoms with E-state index < -0.39 is 0 Å². The van der Waals surface area contributed by atoms with E-state index in [0.717, 1.165) is 0 Å². The number of nitrogens with zero attached hydrogens (tertiary/aromatic N) is 2. The van der Waals surface area contributed by atoms with Crippen molar-refractivity contribution in [2.45, 2.75) is 0 Å². The van der Waals surface area contributed by atoms with E-state index in [2.05, 4.69) is 9.97 Å². The van der Waals surface area contributed by atoms with Gasteiger partial charge in [0.2, 0.25) is 0 Å². The van der Waals surface area contributed by atoms with E-state index in [1.54, 1.807) is 36.4 Å². The molecule has 2 N–H and O–H groups in total. The number of hydrogen-bond donors (Lipinski definition) is 2. The summed E-state index contributed by atoms with van der Waals surface area (Å²) in [6, 6.07) is 11.6. The van der Waals surface area contributed by atoms with E-state index in [4.69, 9.17) is 9.47 Å². The molecule has 0 amide bonds. The van der Waals surface area contributed by atoms with Crippen molar-refractivity contribution in [3.05, 3.63) is 58.1 Å². The first-order valence-electron chi connectivity index (χ1n) is 7.63. The maximum atomic E-state index is 12.3. The van der Waals surface area contributed by atoms with Gasteiger partial charge in [0, 0.05) is 0 Å². The summed E-state index contributed by atoms with van der Waals surface area (Å²) in [5, 5.41) is 19.5. The van der Waals surface area contributed by atoms with Gasteiger partial charge in [-0.3, -0.25) is 4.79 Å². The molecule has 0 saturated heterocycles. The Kier molecular flexibility index (Phi) is 4.58. The molecular weight excluding hydrogens is 334 g/mol. The van der Waals surface area contributed by atoms with Crippen molar-refractivity contribution in [2.75, 3.05) is 14.2 Å². The average Bonchev–Trinajstić information content (AvgIpc) is 2.66. The SMILES string of the molecule is COc1ccc2nc(C(C#N)=Cc3ccc(O)c(OC)c3)[nH]c(=O)c2c1. The summed E-state index contributed by atoms with van der Waals surface area (Å²) in [5.74, 6) is 0.976. The van der Waals surface area contributed by atoms with Gasteiger partial charge >= 0.3 is 0 Å². The van der Waals surface area contributed by atoms with E-state index in [0.29, 0.717) is 22.2 Å². The second-order valence-corrected chi connectivity index (χ2v) is 5.40. The summed E-state index contributed by atoms with van der Waals surface area (Å²) in [6.07, 6.45) is 1.55. The van der Waals surface area contributed by atoms with Crippen LogP contribution in [-0.2, 0) is 0 Å². The van der Waals surface area contributed by atoms with Gasteiger partial charge in [0.1, 0.15) is 11.8 Å². The van der Waals surface area contributed by atoms with Crippen LogP contribution in [0.15, 0.2) is 41.2 Å². The molecule has 2 aromatic carbocycles. The highest BCUT2D eigenvalue weighted by atomic mass is 16.5. The molecule has 3 rings (SSSR count). The van der Waals surface area contributed by atoms with Gasteiger partial charge in [-0.05, 0) is 42.0 Å². The van der Waals surface area contributed by atoms with Crippen LogP contribution < -0.4 is 15.0 Å². The summed E-state index contributed by atoms with van der Waals surface area (Å²) in [5.41, 5.74) is 0.878. The third-order valence-corrected chi connectivity index (χ3v) is 3.80. The molecule has 0 saturated carbocycles. The fraction of sp³-hybridized carbons (Fsp3) is 0.105. The Morgan fingerprint density at radius 1 is 1.23 bits per heavy atom. The fourth-order valence-corrected chi connectivity index (χ4v) is 2.48. The van der Waals surface area contributed by atoms with Crippen molar-refractivity contribution < 1.29 is 14.6 Å². The number of phenolic OH excluding ortho intramolecular Hbond substituents is 1. The molecule has 0 aliphatic rings. The van der Waals surface area contributed by atoms with Crippen molar-refractivity contribution in [1.29, 1.82) is 5.26 Å². The van der Waals surface area contributed by atoms with Crippen molar-refractivity contribution in [3.63, 3.8) is 0 Å². The lowest BCUT2D eigenvalue weighted by molar-refractivity contribution is 0.373. The lowest BCUT2D eigenvalue weighted by atomic mass is 10.1. The van der Waals surface area contributed by atoms with E-state index in [-0.39, 0.29) is 28.5 Å². The maximum Gasteiger partial charge on any atom is 0.259 e. The molecule has 7 heteroatoms. The van der Waals surface area contributed by atoms with Crippen LogP contribution in [0.4, 0.5) is 0 Å². The summed E-state index contributed by atoms with van der Waals surface area (Å²) in [4.78, 5) is 19.3. The van der Waals surface area contributed by atoms with Crippen LogP contribution in [0.1, 0.15) is 11.4 Å². The number of H-pyrrole nitrogens is 1. The maximum absolute atomic E-state index is 12.3. The molecule has 7 nitrogen and oxygen atoms in total. The van der Waals surface area contributed by atoms with E-state index >= 15 is 0 Å². The molecule has 0 unspecified atom stereocenters. The molecule has 1 heterocycles. The van der Waals surface area contributed by atoms with Gasteiger partial charge in [-0.25, -0.2) is 4.98 Å². The Morgan fingerprint density at radius 2 is 2.04 bits per heavy atom. The zero-order valence-corrected chi connectivity index (χ0v) is 14.1. The monoisotopic (exact) mass is 349 g/mol. The zero-order chi connectivity index (χ0) is 18.7.